The lowest BCUT2D eigenvalue weighted by Gasteiger charge is -2.11. The zero-order valence-corrected chi connectivity index (χ0v) is 20.3. The van der Waals surface area contributed by atoms with E-state index in [1.165, 1.54) is 28.7 Å². The molecule has 0 saturated heterocycles. The summed E-state index contributed by atoms with van der Waals surface area (Å²) < 4.78 is 12.1. The fourth-order valence-corrected chi connectivity index (χ4v) is 5.29. The van der Waals surface area contributed by atoms with E-state index in [2.05, 4.69) is 38.7 Å². The predicted molar refractivity (Wildman–Crippen MR) is 138 cm³/mol. The molecule has 2 aromatic heterocycles. The number of carbonyl (C=O) groups is 1. The standard InChI is InChI=1S/C26H22N4O3S2/c31-24(17-33-20-12-10-19(11-13-20)32-16-18-6-2-1-3-7-18)28-25-29-30-26(35-25)34-23-14-15-27-22-9-5-4-8-21(22)23/h1-2,4-6,8-15H,3,7,16-17H2,(H,28,29,31). The summed E-state index contributed by atoms with van der Waals surface area (Å²) in [6.45, 7) is 0.447. The molecule has 1 aliphatic rings. The number of nitrogens with zero attached hydrogens (tertiary/aromatic N) is 3. The van der Waals surface area contributed by atoms with E-state index in [0.29, 0.717) is 17.5 Å². The highest BCUT2D eigenvalue weighted by molar-refractivity contribution is 8.01. The molecule has 7 nitrogen and oxygen atoms in total. The molecule has 0 spiro atoms. The molecule has 2 aromatic carbocycles. The van der Waals surface area contributed by atoms with E-state index in [9.17, 15) is 4.79 Å². The van der Waals surface area contributed by atoms with Crippen LogP contribution in [-0.4, -0.2) is 34.3 Å². The van der Waals surface area contributed by atoms with Gasteiger partial charge < -0.3 is 9.47 Å². The van der Waals surface area contributed by atoms with Crippen LogP contribution in [0, 0.1) is 0 Å². The number of allylic oxidation sites excluding steroid dienone is 3. The molecule has 4 aromatic rings. The number of hydrogen-bond donors (Lipinski definition) is 1. The van der Waals surface area contributed by atoms with Crippen molar-refractivity contribution in [3.05, 3.63) is 84.6 Å². The van der Waals surface area contributed by atoms with Crippen molar-refractivity contribution in [2.45, 2.75) is 22.1 Å². The molecular formula is C26H22N4O3S2. The zero-order chi connectivity index (χ0) is 23.9. The van der Waals surface area contributed by atoms with Gasteiger partial charge in [0.25, 0.3) is 5.91 Å². The smallest absolute Gasteiger partial charge is 0.264 e. The van der Waals surface area contributed by atoms with Crippen LogP contribution in [0.4, 0.5) is 5.13 Å². The molecule has 0 atom stereocenters. The van der Waals surface area contributed by atoms with Crippen molar-refractivity contribution in [2.75, 3.05) is 18.5 Å². The van der Waals surface area contributed by atoms with E-state index in [-0.39, 0.29) is 12.5 Å². The summed E-state index contributed by atoms with van der Waals surface area (Å²) in [5.41, 5.74) is 2.20. The van der Waals surface area contributed by atoms with Crippen LogP contribution in [-0.2, 0) is 4.79 Å². The van der Waals surface area contributed by atoms with Crippen molar-refractivity contribution in [1.29, 1.82) is 0 Å². The number of amides is 1. The third-order valence-electron chi connectivity index (χ3n) is 5.18. The average Bonchev–Trinajstić information content (AvgIpc) is 3.34. The van der Waals surface area contributed by atoms with Crippen LogP contribution in [0.15, 0.2) is 93.8 Å². The van der Waals surface area contributed by atoms with Crippen LogP contribution in [0.25, 0.3) is 10.9 Å². The minimum atomic E-state index is -0.301. The van der Waals surface area contributed by atoms with Crippen LogP contribution in [0.1, 0.15) is 12.8 Å². The van der Waals surface area contributed by atoms with Crippen LogP contribution >= 0.6 is 23.1 Å². The number of rotatable bonds is 9. The number of anilines is 1. The molecule has 35 heavy (non-hydrogen) atoms. The number of pyridine rings is 1. The maximum atomic E-state index is 12.3. The number of ether oxygens (including phenoxy) is 2. The maximum absolute atomic E-state index is 12.3. The van der Waals surface area contributed by atoms with Gasteiger partial charge in [-0.3, -0.25) is 15.1 Å². The van der Waals surface area contributed by atoms with E-state index in [1.54, 1.807) is 18.3 Å². The second-order valence-corrected chi connectivity index (χ2v) is 9.96. The minimum Gasteiger partial charge on any atom is -0.489 e. The SMILES string of the molecule is O=C(COc1ccc(OCC2=CC=CCC2)cc1)Nc1nnc(Sc2ccnc3ccccc23)s1. The van der Waals surface area contributed by atoms with Gasteiger partial charge in [-0.25, -0.2) is 0 Å². The van der Waals surface area contributed by atoms with Gasteiger partial charge in [0.1, 0.15) is 18.1 Å². The Bertz CT molecular complexity index is 1380. The molecule has 0 bridgehead atoms. The van der Waals surface area contributed by atoms with Crippen LogP contribution in [0.2, 0.25) is 0 Å². The monoisotopic (exact) mass is 502 g/mol. The first-order valence-electron chi connectivity index (χ1n) is 11.1. The van der Waals surface area contributed by atoms with Crippen molar-refractivity contribution < 1.29 is 14.3 Å². The summed E-state index contributed by atoms with van der Waals surface area (Å²) >= 11 is 2.81. The summed E-state index contributed by atoms with van der Waals surface area (Å²) in [5.74, 6) is 1.05. The molecule has 0 aliphatic heterocycles. The topological polar surface area (TPSA) is 86.2 Å². The van der Waals surface area contributed by atoms with E-state index < -0.39 is 0 Å². The largest absolute Gasteiger partial charge is 0.489 e. The van der Waals surface area contributed by atoms with E-state index in [0.717, 1.165) is 38.7 Å². The Morgan fingerprint density at radius 2 is 1.86 bits per heavy atom. The lowest BCUT2D eigenvalue weighted by atomic mass is 10.1. The molecule has 0 fully saturated rings. The van der Waals surface area contributed by atoms with E-state index in [4.69, 9.17) is 9.47 Å². The van der Waals surface area contributed by atoms with Crippen molar-refractivity contribution in [3.63, 3.8) is 0 Å². The third kappa shape index (κ3) is 6.26. The third-order valence-corrected chi connectivity index (χ3v) is 7.14. The lowest BCUT2D eigenvalue weighted by molar-refractivity contribution is -0.118. The number of nitrogens with one attached hydrogen (secondary N) is 1. The van der Waals surface area contributed by atoms with Crippen molar-refractivity contribution in [1.82, 2.24) is 15.2 Å². The molecule has 2 heterocycles. The first-order valence-corrected chi connectivity index (χ1v) is 12.7. The second kappa shape index (κ2) is 11.2. The van der Waals surface area contributed by atoms with Gasteiger partial charge in [0.05, 0.1) is 5.52 Å². The number of para-hydroxylation sites is 1. The van der Waals surface area contributed by atoms with E-state index in [1.807, 2.05) is 42.5 Å². The number of aromatic nitrogens is 3. The Balaban J connectivity index is 1.10. The molecule has 0 radical (unpaired) electrons. The maximum Gasteiger partial charge on any atom is 0.264 e. The van der Waals surface area contributed by atoms with E-state index >= 15 is 0 Å². The first-order chi connectivity index (χ1) is 17.2. The van der Waals surface area contributed by atoms with Crippen LogP contribution in [0.5, 0.6) is 11.5 Å². The van der Waals surface area contributed by atoms with Crippen LogP contribution in [0.3, 0.4) is 0 Å². The fourth-order valence-electron chi connectivity index (χ4n) is 3.44. The van der Waals surface area contributed by atoms with Gasteiger partial charge >= 0.3 is 0 Å². The normalized spacial score (nSPS) is 12.9. The Hall–Kier alpha value is -3.69. The number of benzene rings is 2. The highest BCUT2D eigenvalue weighted by Crippen LogP contribution is 2.35. The fraction of sp³-hybridized carbons (Fsp3) is 0.154. The summed E-state index contributed by atoms with van der Waals surface area (Å²) in [5, 5.41) is 12.5. The predicted octanol–water partition coefficient (Wildman–Crippen LogP) is 5.91. The Morgan fingerprint density at radius 3 is 2.69 bits per heavy atom. The van der Waals surface area contributed by atoms with Crippen molar-refractivity contribution in [3.8, 4) is 11.5 Å². The molecule has 0 unspecified atom stereocenters. The van der Waals surface area contributed by atoms with Gasteiger partial charge in [-0.15, -0.1) is 10.2 Å². The second-order valence-electron chi connectivity index (χ2n) is 7.69. The molecule has 1 N–H and O–H groups in total. The molecule has 1 aliphatic carbocycles. The highest BCUT2D eigenvalue weighted by Gasteiger charge is 2.12. The number of carbonyl (C=O) groups excluding carboxylic acids is 1. The van der Waals surface area contributed by atoms with Gasteiger partial charge in [0.15, 0.2) is 10.9 Å². The number of fused-ring (bicyclic) bond motifs is 1. The Morgan fingerprint density at radius 1 is 1.03 bits per heavy atom. The molecule has 1 amide bonds. The quantitative estimate of drug-likeness (QED) is 0.285. The van der Waals surface area contributed by atoms with Gasteiger partial charge in [-0.2, -0.15) is 0 Å². The first kappa shape index (κ1) is 23.1. The average molecular weight is 503 g/mol. The van der Waals surface area contributed by atoms with Gasteiger partial charge in [-0.1, -0.05) is 59.5 Å². The molecule has 9 heteroatoms. The summed E-state index contributed by atoms with van der Waals surface area (Å²) in [7, 11) is 0. The van der Waals surface area contributed by atoms with Crippen molar-refractivity contribution >= 4 is 45.0 Å². The summed E-state index contributed by atoms with van der Waals surface area (Å²) in [4.78, 5) is 17.7. The lowest BCUT2D eigenvalue weighted by Crippen LogP contribution is -2.20. The minimum absolute atomic E-state index is 0.128. The highest BCUT2D eigenvalue weighted by atomic mass is 32.2. The zero-order valence-electron chi connectivity index (χ0n) is 18.7. The van der Waals surface area contributed by atoms with Crippen molar-refractivity contribution in [2.24, 2.45) is 0 Å². The summed E-state index contributed by atoms with van der Waals surface area (Å²) in [6.07, 6.45) is 10.2. The van der Waals surface area contributed by atoms with Gasteiger partial charge in [0.2, 0.25) is 5.13 Å². The Kier molecular flexibility index (Phi) is 7.35. The molecular weight excluding hydrogens is 480 g/mol. The van der Waals surface area contributed by atoms with Gasteiger partial charge in [0, 0.05) is 16.5 Å². The number of hydrogen-bond acceptors (Lipinski definition) is 8. The molecule has 176 valence electrons. The van der Waals surface area contributed by atoms with Crippen LogP contribution < -0.4 is 14.8 Å². The van der Waals surface area contributed by atoms with Gasteiger partial charge in [-0.05, 0) is 54.8 Å². The molecule has 5 rings (SSSR count). The Labute approximate surface area is 210 Å². The molecule has 0 saturated carbocycles. The summed E-state index contributed by atoms with van der Waals surface area (Å²) in [6, 6.07) is 17.1.